The second-order valence-corrected chi connectivity index (χ2v) is 11.0. The Morgan fingerprint density at radius 1 is 1.06 bits per heavy atom. The molecule has 0 radical (unpaired) electrons. The van der Waals surface area contributed by atoms with Gasteiger partial charge in [-0.05, 0) is 62.3 Å². The lowest BCUT2D eigenvalue weighted by Gasteiger charge is -2.36. The molecule has 6 heteroatoms. The summed E-state index contributed by atoms with van der Waals surface area (Å²) in [7, 11) is -3.23. The lowest BCUT2D eigenvalue weighted by atomic mass is 9.94. The number of benzene rings is 2. The minimum absolute atomic E-state index is 0.0372. The Labute approximate surface area is 193 Å². The van der Waals surface area contributed by atoms with E-state index in [4.69, 9.17) is 0 Å². The molecule has 1 N–H and O–H groups in total. The number of carbonyl (C=O) groups excluding carboxylic acids is 1. The number of nitrogens with zero attached hydrogens (tertiary/aromatic N) is 1. The summed E-state index contributed by atoms with van der Waals surface area (Å²) in [6.07, 6.45) is 6.04. The van der Waals surface area contributed by atoms with Crippen LogP contribution in [-0.4, -0.2) is 50.7 Å². The van der Waals surface area contributed by atoms with Gasteiger partial charge in [0.25, 0.3) is 0 Å². The maximum absolute atomic E-state index is 13.0. The van der Waals surface area contributed by atoms with Gasteiger partial charge in [0.2, 0.25) is 5.91 Å². The van der Waals surface area contributed by atoms with E-state index in [1.165, 1.54) is 11.8 Å². The average Bonchev–Trinajstić information content (AvgIpc) is 2.79. The lowest BCUT2D eigenvalue weighted by Crippen LogP contribution is -2.48. The number of carbonyl (C=O) groups is 1. The number of nitrogens with one attached hydrogen (secondary N) is 1. The van der Waals surface area contributed by atoms with Gasteiger partial charge >= 0.3 is 0 Å². The van der Waals surface area contributed by atoms with E-state index in [1.54, 1.807) is 24.3 Å². The van der Waals surface area contributed by atoms with E-state index in [2.05, 4.69) is 47.5 Å². The smallest absolute Gasteiger partial charge is 0.227 e. The molecule has 0 aliphatic carbocycles. The van der Waals surface area contributed by atoms with Gasteiger partial charge in [-0.1, -0.05) is 49.4 Å². The Kier molecular flexibility index (Phi) is 8.49. The van der Waals surface area contributed by atoms with E-state index >= 15 is 0 Å². The molecular weight excluding hydrogens is 420 g/mol. The molecule has 0 spiro atoms. The fraction of sp³-hybridized carbons (Fsp3) is 0.500. The second kappa shape index (κ2) is 11.1. The highest BCUT2D eigenvalue weighted by molar-refractivity contribution is 7.90. The van der Waals surface area contributed by atoms with E-state index in [9.17, 15) is 13.2 Å². The maximum Gasteiger partial charge on any atom is 0.227 e. The average molecular weight is 457 g/mol. The summed E-state index contributed by atoms with van der Waals surface area (Å²) < 4.78 is 23.4. The molecule has 174 valence electrons. The van der Waals surface area contributed by atoms with E-state index in [0.29, 0.717) is 12.5 Å². The van der Waals surface area contributed by atoms with Gasteiger partial charge in [0.1, 0.15) is 0 Å². The number of amides is 1. The Morgan fingerprint density at radius 2 is 1.69 bits per heavy atom. The van der Waals surface area contributed by atoms with E-state index < -0.39 is 9.84 Å². The van der Waals surface area contributed by atoms with Crippen molar-refractivity contribution in [2.45, 2.75) is 68.8 Å². The highest BCUT2D eigenvalue weighted by Crippen LogP contribution is 2.23. The molecule has 2 unspecified atom stereocenters. The zero-order chi connectivity index (χ0) is 23.1. The molecular formula is C26H36N2O3S. The van der Waals surface area contributed by atoms with Crippen LogP contribution in [0.4, 0.5) is 0 Å². The van der Waals surface area contributed by atoms with E-state index in [0.717, 1.165) is 44.3 Å². The summed E-state index contributed by atoms with van der Waals surface area (Å²) in [6.45, 7) is 6.29. The van der Waals surface area contributed by atoms with Crippen LogP contribution in [0.3, 0.4) is 0 Å². The minimum Gasteiger partial charge on any atom is -0.353 e. The van der Waals surface area contributed by atoms with Crippen molar-refractivity contribution >= 4 is 15.7 Å². The predicted octanol–water partition coefficient (Wildman–Crippen LogP) is 4.19. The molecule has 2 aromatic carbocycles. The Morgan fingerprint density at radius 3 is 2.25 bits per heavy atom. The molecule has 1 saturated heterocycles. The number of hydrogen-bond donors (Lipinski definition) is 1. The molecule has 1 aliphatic rings. The summed E-state index contributed by atoms with van der Waals surface area (Å²) in [6, 6.07) is 18.1. The third-order valence-electron chi connectivity index (χ3n) is 6.63. The normalized spacial score (nSPS) is 17.6. The molecule has 0 saturated carbocycles. The van der Waals surface area contributed by atoms with Gasteiger partial charge in [0.15, 0.2) is 9.84 Å². The van der Waals surface area contributed by atoms with Crippen LogP contribution in [0.5, 0.6) is 0 Å². The van der Waals surface area contributed by atoms with Gasteiger partial charge in [0, 0.05) is 31.4 Å². The first kappa shape index (κ1) is 24.5. The lowest BCUT2D eigenvalue weighted by molar-refractivity contribution is -0.123. The number of piperidine rings is 1. The van der Waals surface area contributed by atoms with E-state index in [1.807, 2.05) is 6.92 Å². The summed E-state index contributed by atoms with van der Waals surface area (Å²) in [5.74, 6) is -0.221. The first-order valence-corrected chi connectivity index (χ1v) is 13.6. The van der Waals surface area contributed by atoms with Gasteiger partial charge in [-0.2, -0.15) is 0 Å². The maximum atomic E-state index is 13.0. The van der Waals surface area contributed by atoms with Crippen molar-refractivity contribution in [1.82, 2.24) is 10.2 Å². The minimum atomic E-state index is -3.23. The van der Waals surface area contributed by atoms with Crippen LogP contribution in [0.25, 0.3) is 0 Å². The number of hydrogen-bond acceptors (Lipinski definition) is 4. The standard InChI is InChI=1S/C26H36N2O3S/c1-4-25(22-12-14-24(15-13-22)32(3,30)31)26(29)27-23-16-18-28(19-17-23)20(2)10-11-21-8-6-5-7-9-21/h5-9,12-15,20,23,25H,4,10-11,16-19H2,1-3H3,(H,27,29). The predicted molar refractivity (Wildman–Crippen MR) is 130 cm³/mol. The second-order valence-electron chi connectivity index (χ2n) is 8.99. The van der Waals surface area contributed by atoms with Gasteiger partial charge in [-0.15, -0.1) is 0 Å². The summed E-state index contributed by atoms with van der Waals surface area (Å²) in [5.41, 5.74) is 2.25. The molecule has 1 heterocycles. The quantitative estimate of drug-likeness (QED) is 0.615. The highest BCUT2D eigenvalue weighted by atomic mass is 32.2. The van der Waals surface area contributed by atoms with Crippen molar-refractivity contribution in [3.8, 4) is 0 Å². The van der Waals surface area contributed by atoms with Gasteiger partial charge in [-0.25, -0.2) is 8.42 Å². The Hall–Kier alpha value is -2.18. The van der Waals surface area contributed by atoms with Crippen LogP contribution in [0.2, 0.25) is 0 Å². The third kappa shape index (κ3) is 6.66. The first-order chi connectivity index (χ1) is 15.3. The largest absolute Gasteiger partial charge is 0.353 e. The van der Waals surface area contributed by atoms with Gasteiger partial charge < -0.3 is 10.2 Å². The number of aryl methyl sites for hydroxylation is 1. The van der Waals surface area contributed by atoms with Crippen molar-refractivity contribution in [1.29, 1.82) is 0 Å². The van der Waals surface area contributed by atoms with Crippen molar-refractivity contribution in [2.24, 2.45) is 0 Å². The van der Waals surface area contributed by atoms with Gasteiger partial charge in [-0.3, -0.25) is 4.79 Å². The topological polar surface area (TPSA) is 66.5 Å². The summed E-state index contributed by atoms with van der Waals surface area (Å²) in [5, 5.41) is 3.25. The van der Waals surface area contributed by atoms with Crippen LogP contribution in [0.15, 0.2) is 59.5 Å². The van der Waals surface area contributed by atoms with Crippen LogP contribution in [-0.2, 0) is 21.1 Å². The van der Waals surface area contributed by atoms with Crippen molar-refractivity contribution in [3.05, 3.63) is 65.7 Å². The Bertz CT molecular complexity index is 966. The molecule has 1 amide bonds. The molecule has 2 aromatic rings. The van der Waals surface area contributed by atoms with Gasteiger partial charge in [0.05, 0.1) is 10.8 Å². The third-order valence-corrected chi connectivity index (χ3v) is 7.76. The zero-order valence-electron chi connectivity index (χ0n) is 19.5. The molecule has 5 nitrogen and oxygen atoms in total. The highest BCUT2D eigenvalue weighted by Gasteiger charge is 2.26. The fourth-order valence-corrected chi connectivity index (χ4v) is 5.14. The molecule has 1 aliphatic heterocycles. The zero-order valence-corrected chi connectivity index (χ0v) is 20.3. The van der Waals surface area contributed by atoms with Crippen molar-refractivity contribution in [2.75, 3.05) is 19.3 Å². The Balaban J connectivity index is 1.48. The van der Waals surface area contributed by atoms with Crippen LogP contribution < -0.4 is 5.32 Å². The molecule has 32 heavy (non-hydrogen) atoms. The van der Waals surface area contributed by atoms with Crippen LogP contribution >= 0.6 is 0 Å². The summed E-state index contributed by atoms with van der Waals surface area (Å²) >= 11 is 0. The van der Waals surface area contributed by atoms with Crippen molar-refractivity contribution < 1.29 is 13.2 Å². The SMILES string of the molecule is CCC(C(=O)NC1CCN(C(C)CCc2ccccc2)CC1)c1ccc(S(C)(=O)=O)cc1. The number of likely N-dealkylation sites (tertiary alicyclic amines) is 1. The molecule has 0 aromatic heterocycles. The van der Waals surface area contributed by atoms with Crippen LogP contribution in [0.1, 0.15) is 56.6 Å². The molecule has 3 rings (SSSR count). The number of rotatable bonds is 9. The summed E-state index contributed by atoms with van der Waals surface area (Å²) in [4.78, 5) is 15.8. The first-order valence-electron chi connectivity index (χ1n) is 11.7. The fourth-order valence-electron chi connectivity index (χ4n) is 4.51. The van der Waals surface area contributed by atoms with Crippen molar-refractivity contribution in [3.63, 3.8) is 0 Å². The molecule has 2 atom stereocenters. The number of sulfone groups is 1. The monoisotopic (exact) mass is 456 g/mol. The molecule has 0 bridgehead atoms. The van der Waals surface area contributed by atoms with E-state index in [-0.39, 0.29) is 22.8 Å². The van der Waals surface area contributed by atoms with Crippen LogP contribution in [0, 0.1) is 0 Å². The molecule has 1 fully saturated rings.